The number of nitrogens with one attached hydrogen (secondary N) is 1. The molecule has 1 aliphatic heterocycles. The SMILES string of the molecule is CNC1([C@@H]2CCCCN2C(=O)OC(C)(C)C)CC1. The topological polar surface area (TPSA) is 41.6 Å². The van der Waals surface area contributed by atoms with E-state index >= 15 is 0 Å². The Bertz CT molecular complexity index is 318. The van der Waals surface area contributed by atoms with Gasteiger partial charge in [0.1, 0.15) is 5.60 Å². The lowest BCUT2D eigenvalue weighted by atomic mass is 9.94. The first-order valence-electron chi connectivity index (χ1n) is 7.06. The van der Waals surface area contributed by atoms with E-state index in [0.717, 1.165) is 19.4 Å². The van der Waals surface area contributed by atoms with Gasteiger partial charge < -0.3 is 15.0 Å². The Balaban J connectivity index is 2.06. The Morgan fingerprint density at radius 2 is 2.00 bits per heavy atom. The number of hydrogen-bond donors (Lipinski definition) is 1. The number of ether oxygens (including phenoxy) is 1. The average molecular weight is 254 g/mol. The molecule has 1 amide bonds. The molecule has 1 heterocycles. The lowest BCUT2D eigenvalue weighted by Gasteiger charge is -2.41. The molecule has 4 heteroatoms. The Morgan fingerprint density at radius 1 is 1.33 bits per heavy atom. The fourth-order valence-electron chi connectivity index (χ4n) is 2.93. The fraction of sp³-hybridized carbons (Fsp3) is 0.929. The van der Waals surface area contributed by atoms with Crippen molar-refractivity contribution in [3.8, 4) is 0 Å². The van der Waals surface area contributed by atoms with Gasteiger partial charge >= 0.3 is 6.09 Å². The molecule has 1 saturated heterocycles. The molecule has 4 nitrogen and oxygen atoms in total. The van der Waals surface area contributed by atoms with E-state index in [9.17, 15) is 4.79 Å². The number of amides is 1. The van der Waals surface area contributed by atoms with E-state index in [1.807, 2.05) is 32.7 Å². The number of carbonyl (C=O) groups is 1. The minimum absolute atomic E-state index is 0.145. The van der Waals surface area contributed by atoms with E-state index in [4.69, 9.17) is 4.74 Å². The molecule has 104 valence electrons. The minimum Gasteiger partial charge on any atom is -0.444 e. The van der Waals surface area contributed by atoms with E-state index in [2.05, 4.69) is 5.32 Å². The third-order valence-electron chi connectivity index (χ3n) is 4.06. The van der Waals surface area contributed by atoms with E-state index in [1.165, 1.54) is 19.3 Å². The largest absolute Gasteiger partial charge is 0.444 e. The van der Waals surface area contributed by atoms with Crippen LogP contribution in [0, 0.1) is 0 Å². The van der Waals surface area contributed by atoms with Gasteiger partial charge in [0.2, 0.25) is 0 Å². The summed E-state index contributed by atoms with van der Waals surface area (Å²) in [4.78, 5) is 14.2. The van der Waals surface area contributed by atoms with Crippen molar-refractivity contribution in [3.63, 3.8) is 0 Å². The normalized spacial score (nSPS) is 26.9. The van der Waals surface area contributed by atoms with Crippen LogP contribution in [0.5, 0.6) is 0 Å². The number of nitrogens with zero attached hydrogens (tertiary/aromatic N) is 1. The minimum atomic E-state index is -0.407. The first-order chi connectivity index (χ1) is 8.38. The molecule has 1 aliphatic carbocycles. The third-order valence-corrected chi connectivity index (χ3v) is 4.06. The molecule has 0 bridgehead atoms. The Morgan fingerprint density at radius 3 is 2.50 bits per heavy atom. The molecule has 1 atom stereocenters. The van der Waals surface area contributed by atoms with Crippen molar-refractivity contribution in [1.82, 2.24) is 10.2 Å². The quantitative estimate of drug-likeness (QED) is 0.823. The molecule has 1 N–H and O–H groups in total. The van der Waals surface area contributed by atoms with Crippen LogP contribution >= 0.6 is 0 Å². The zero-order valence-corrected chi connectivity index (χ0v) is 12.1. The molecule has 2 fully saturated rings. The van der Waals surface area contributed by atoms with Gasteiger partial charge in [0.25, 0.3) is 0 Å². The van der Waals surface area contributed by atoms with E-state index < -0.39 is 5.60 Å². The molecule has 2 aliphatic rings. The Labute approximate surface area is 110 Å². The van der Waals surface area contributed by atoms with Gasteiger partial charge in [-0.25, -0.2) is 4.79 Å². The highest BCUT2D eigenvalue weighted by Crippen LogP contribution is 2.44. The van der Waals surface area contributed by atoms with E-state index in [0.29, 0.717) is 6.04 Å². The summed E-state index contributed by atoms with van der Waals surface area (Å²) in [6, 6.07) is 0.311. The second-order valence-electron chi connectivity index (χ2n) is 6.59. The molecule has 18 heavy (non-hydrogen) atoms. The summed E-state index contributed by atoms with van der Waals surface area (Å²) in [6.07, 6.45) is 5.61. The van der Waals surface area contributed by atoms with Crippen LogP contribution in [0.4, 0.5) is 4.79 Å². The van der Waals surface area contributed by atoms with Crippen molar-refractivity contribution >= 4 is 6.09 Å². The van der Waals surface area contributed by atoms with Crippen molar-refractivity contribution in [1.29, 1.82) is 0 Å². The lowest BCUT2D eigenvalue weighted by Crippen LogP contribution is -2.56. The van der Waals surface area contributed by atoms with Gasteiger partial charge in [-0.05, 0) is 59.9 Å². The lowest BCUT2D eigenvalue weighted by molar-refractivity contribution is 0.00328. The number of hydrogen-bond acceptors (Lipinski definition) is 3. The summed E-state index contributed by atoms with van der Waals surface area (Å²) < 4.78 is 5.53. The highest BCUT2D eigenvalue weighted by Gasteiger charge is 2.52. The standard InChI is InChI=1S/C14H26N2O2/c1-13(2,3)18-12(17)16-10-6-5-7-11(16)14(15-4)8-9-14/h11,15H,5-10H2,1-4H3/t11-/m0/s1. The molecule has 0 aromatic carbocycles. The van der Waals surface area contributed by atoms with Gasteiger partial charge in [-0.1, -0.05) is 0 Å². The van der Waals surface area contributed by atoms with Gasteiger partial charge in [0, 0.05) is 12.1 Å². The third kappa shape index (κ3) is 2.79. The summed E-state index contributed by atoms with van der Waals surface area (Å²) in [7, 11) is 2.01. The maximum atomic E-state index is 12.3. The monoisotopic (exact) mass is 254 g/mol. The second-order valence-corrected chi connectivity index (χ2v) is 6.59. The summed E-state index contributed by atoms with van der Waals surface area (Å²) >= 11 is 0. The zero-order valence-electron chi connectivity index (χ0n) is 12.1. The van der Waals surface area contributed by atoms with Gasteiger partial charge in [-0.2, -0.15) is 0 Å². The van der Waals surface area contributed by atoms with Crippen LogP contribution in [-0.4, -0.2) is 41.8 Å². The molecule has 0 spiro atoms. The molecule has 0 aromatic heterocycles. The van der Waals surface area contributed by atoms with Crippen LogP contribution in [0.25, 0.3) is 0 Å². The summed E-state index contributed by atoms with van der Waals surface area (Å²) in [6.45, 7) is 6.61. The Hall–Kier alpha value is -0.770. The van der Waals surface area contributed by atoms with Gasteiger partial charge in [0.15, 0.2) is 0 Å². The van der Waals surface area contributed by atoms with Crippen LogP contribution in [0.2, 0.25) is 0 Å². The zero-order chi connectivity index (χ0) is 13.4. The summed E-state index contributed by atoms with van der Waals surface area (Å²) in [5.41, 5.74) is -0.243. The van der Waals surface area contributed by atoms with Crippen LogP contribution in [0.15, 0.2) is 0 Å². The van der Waals surface area contributed by atoms with Crippen LogP contribution < -0.4 is 5.32 Å². The highest BCUT2D eigenvalue weighted by atomic mass is 16.6. The smallest absolute Gasteiger partial charge is 0.410 e. The first kappa shape index (κ1) is 13.7. The van der Waals surface area contributed by atoms with Gasteiger partial charge in [-0.15, -0.1) is 0 Å². The molecular formula is C14H26N2O2. The molecule has 0 unspecified atom stereocenters. The molecular weight excluding hydrogens is 228 g/mol. The fourth-order valence-corrected chi connectivity index (χ4v) is 2.93. The van der Waals surface area contributed by atoms with Crippen LogP contribution in [-0.2, 0) is 4.74 Å². The molecule has 0 aromatic rings. The number of carbonyl (C=O) groups excluding carboxylic acids is 1. The number of rotatable bonds is 2. The van der Waals surface area contributed by atoms with Crippen molar-refractivity contribution in [2.45, 2.75) is 70.1 Å². The van der Waals surface area contributed by atoms with Gasteiger partial charge in [-0.3, -0.25) is 0 Å². The highest BCUT2D eigenvalue weighted by molar-refractivity contribution is 5.69. The molecule has 0 radical (unpaired) electrons. The predicted molar refractivity (Wildman–Crippen MR) is 71.6 cm³/mol. The van der Waals surface area contributed by atoms with E-state index in [1.54, 1.807) is 0 Å². The van der Waals surface area contributed by atoms with Crippen LogP contribution in [0.1, 0.15) is 52.9 Å². The number of likely N-dealkylation sites (N-methyl/N-ethyl adjacent to an activating group) is 1. The average Bonchev–Trinajstić information content (AvgIpc) is 3.07. The van der Waals surface area contributed by atoms with Crippen molar-refractivity contribution in [2.75, 3.05) is 13.6 Å². The van der Waals surface area contributed by atoms with Crippen LogP contribution in [0.3, 0.4) is 0 Å². The number of likely N-dealkylation sites (tertiary alicyclic amines) is 1. The van der Waals surface area contributed by atoms with Crippen molar-refractivity contribution < 1.29 is 9.53 Å². The second kappa shape index (κ2) is 4.72. The van der Waals surface area contributed by atoms with Gasteiger partial charge in [0.05, 0.1) is 6.04 Å². The molecule has 2 rings (SSSR count). The number of piperidine rings is 1. The van der Waals surface area contributed by atoms with E-state index in [-0.39, 0.29) is 11.6 Å². The predicted octanol–water partition coefficient (Wildman–Crippen LogP) is 2.53. The van der Waals surface area contributed by atoms with Crippen molar-refractivity contribution in [3.05, 3.63) is 0 Å². The summed E-state index contributed by atoms with van der Waals surface area (Å²) in [5, 5.41) is 3.42. The van der Waals surface area contributed by atoms with Crippen molar-refractivity contribution in [2.24, 2.45) is 0 Å². The Kier molecular flexibility index (Phi) is 3.58. The molecule has 1 saturated carbocycles. The maximum absolute atomic E-state index is 12.3. The first-order valence-corrected chi connectivity index (χ1v) is 7.06. The maximum Gasteiger partial charge on any atom is 0.410 e. The summed E-state index contributed by atoms with van der Waals surface area (Å²) in [5.74, 6) is 0.